The lowest BCUT2D eigenvalue weighted by Crippen LogP contribution is -2.16. The second-order valence-electron chi connectivity index (χ2n) is 5.72. The Morgan fingerprint density at radius 1 is 0.926 bits per heavy atom. The van der Waals surface area contributed by atoms with Crippen LogP contribution in [0.15, 0.2) is 60.0 Å². The molecule has 5 nitrogen and oxygen atoms in total. The predicted molar refractivity (Wildman–Crippen MR) is 98.5 cm³/mol. The van der Waals surface area contributed by atoms with E-state index in [1.165, 1.54) is 46.4 Å². The van der Waals surface area contributed by atoms with E-state index in [-0.39, 0.29) is 17.3 Å². The zero-order valence-electron chi connectivity index (χ0n) is 13.8. The van der Waals surface area contributed by atoms with E-state index in [9.17, 15) is 13.6 Å². The van der Waals surface area contributed by atoms with Crippen LogP contribution in [-0.2, 0) is 0 Å². The first-order chi connectivity index (χ1) is 13.0. The van der Waals surface area contributed by atoms with Gasteiger partial charge in [-0.3, -0.25) is 4.79 Å². The number of hydrogen-bond donors (Lipinski definition) is 1. The van der Waals surface area contributed by atoms with Gasteiger partial charge in [-0.05, 0) is 54.6 Å². The van der Waals surface area contributed by atoms with Gasteiger partial charge in [0.1, 0.15) is 17.3 Å². The van der Waals surface area contributed by atoms with Crippen LogP contribution in [0, 0.1) is 11.6 Å². The topological polar surface area (TPSA) is 73.8 Å². The van der Waals surface area contributed by atoms with Crippen molar-refractivity contribution in [2.24, 2.45) is 5.73 Å². The Morgan fingerprint density at radius 2 is 1.48 bits per heavy atom. The summed E-state index contributed by atoms with van der Waals surface area (Å²) in [6.07, 6.45) is 0. The first-order valence-electron chi connectivity index (χ1n) is 7.89. The molecule has 0 aliphatic carbocycles. The Hall–Kier alpha value is -3.39. The van der Waals surface area contributed by atoms with E-state index >= 15 is 0 Å². The summed E-state index contributed by atoms with van der Waals surface area (Å²) >= 11 is 1.27. The zero-order chi connectivity index (χ0) is 19.0. The fourth-order valence-electron chi connectivity index (χ4n) is 2.58. The molecule has 0 radical (unpaired) electrons. The number of primary amides is 1. The van der Waals surface area contributed by atoms with Gasteiger partial charge >= 0.3 is 0 Å². The first-order valence-corrected chi connectivity index (χ1v) is 8.77. The third-order valence-corrected chi connectivity index (χ3v) is 4.73. The summed E-state index contributed by atoms with van der Waals surface area (Å²) in [4.78, 5) is 16.3. The average Bonchev–Trinajstić information content (AvgIpc) is 3.30. The Kier molecular flexibility index (Phi) is 4.25. The number of nitrogens with zero attached hydrogens (tertiary/aromatic N) is 3. The van der Waals surface area contributed by atoms with Crippen molar-refractivity contribution in [1.29, 1.82) is 0 Å². The highest BCUT2D eigenvalue weighted by atomic mass is 32.1. The van der Waals surface area contributed by atoms with Gasteiger partial charge < -0.3 is 5.73 Å². The van der Waals surface area contributed by atoms with Crippen LogP contribution in [0.2, 0.25) is 0 Å². The Labute approximate surface area is 156 Å². The second-order valence-corrected chi connectivity index (χ2v) is 6.56. The van der Waals surface area contributed by atoms with Crippen LogP contribution >= 0.6 is 11.3 Å². The Bertz CT molecular complexity index is 1120. The zero-order valence-corrected chi connectivity index (χ0v) is 14.6. The minimum absolute atomic E-state index is 0.161. The summed E-state index contributed by atoms with van der Waals surface area (Å²) in [5.74, 6) is -1.35. The number of hydrogen-bond acceptors (Lipinski definition) is 4. The molecule has 2 aromatic carbocycles. The first kappa shape index (κ1) is 17.0. The molecule has 0 unspecified atom stereocenters. The van der Waals surface area contributed by atoms with Crippen LogP contribution in [0.25, 0.3) is 27.6 Å². The molecular formula is C19H12F2N4OS. The van der Waals surface area contributed by atoms with Crippen molar-refractivity contribution in [2.75, 3.05) is 0 Å². The van der Waals surface area contributed by atoms with E-state index in [1.807, 2.05) is 0 Å². The molecule has 4 rings (SSSR count). The highest BCUT2D eigenvalue weighted by molar-refractivity contribution is 7.12. The summed E-state index contributed by atoms with van der Waals surface area (Å²) in [5.41, 5.74) is 8.13. The molecule has 2 N–H and O–H groups in total. The van der Waals surface area contributed by atoms with E-state index in [1.54, 1.807) is 29.6 Å². The monoisotopic (exact) mass is 382 g/mol. The average molecular weight is 382 g/mol. The maximum absolute atomic E-state index is 13.1. The molecule has 0 saturated heterocycles. The molecule has 0 saturated carbocycles. The standard InChI is InChI=1S/C19H12F2N4OS/c20-13-5-1-11(2-6-13)15-9-17(18(22)26)25(24-15)19-23-16(10-27-19)12-3-7-14(21)8-4-12/h1-10H,(H2,22,26). The van der Waals surface area contributed by atoms with Crippen molar-refractivity contribution in [3.05, 3.63) is 77.3 Å². The lowest BCUT2D eigenvalue weighted by Gasteiger charge is -2.00. The van der Waals surface area contributed by atoms with Gasteiger partial charge in [-0.1, -0.05) is 0 Å². The number of carbonyl (C=O) groups is 1. The van der Waals surface area contributed by atoms with E-state index in [0.717, 1.165) is 5.56 Å². The molecule has 8 heteroatoms. The van der Waals surface area contributed by atoms with Crippen LogP contribution < -0.4 is 5.73 Å². The van der Waals surface area contributed by atoms with Gasteiger partial charge in [0.25, 0.3) is 5.91 Å². The van der Waals surface area contributed by atoms with Crippen molar-refractivity contribution in [1.82, 2.24) is 14.8 Å². The van der Waals surface area contributed by atoms with Gasteiger partial charge in [0.15, 0.2) is 0 Å². The summed E-state index contributed by atoms with van der Waals surface area (Å²) in [7, 11) is 0. The molecule has 27 heavy (non-hydrogen) atoms. The highest BCUT2D eigenvalue weighted by Crippen LogP contribution is 2.27. The summed E-state index contributed by atoms with van der Waals surface area (Å²) in [6.45, 7) is 0. The summed E-state index contributed by atoms with van der Waals surface area (Å²) < 4.78 is 27.6. The van der Waals surface area contributed by atoms with Crippen LogP contribution in [0.4, 0.5) is 8.78 Å². The minimum Gasteiger partial charge on any atom is -0.364 e. The van der Waals surface area contributed by atoms with Gasteiger partial charge in [-0.25, -0.2) is 13.8 Å². The molecular weight excluding hydrogens is 370 g/mol. The van der Waals surface area contributed by atoms with Gasteiger partial charge in [-0.2, -0.15) is 9.78 Å². The van der Waals surface area contributed by atoms with Gasteiger partial charge in [0.05, 0.1) is 11.4 Å². The van der Waals surface area contributed by atoms with Crippen molar-refractivity contribution < 1.29 is 13.6 Å². The third-order valence-electron chi connectivity index (χ3n) is 3.92. The van der Waals surface area contributed by atoms with Crippen molar-refractivity contribution in [3.8, 4) is 27.6 Å². The van der Waals surface area contributed by atoms with Crippen molar-refractivity contribution >= 4 is 17.2 Å². The number of nitrogens with two attached hydrogens (primary N) is 1. The van der Waals surface area contributed by atoms with E-state index < -0.39 is 5.91 Å². The van der Waals surface area contributed by atoms with E-state index in [4.69, 9.17) is 5.73 Å². The number of carbonyl (C=O) groups excluding carboxylic acids is 1. The number of thiazole rings is 1. The molecule has 0 atom stereocenters. The SMILES string of the molecule is NC(=O)c1cc(-c2ccc(F)cc2)nn1-c1nc(-c2ccc(F)cc2)cs1. The number of halogens is 2. The molecule has 2 heterocycles. The van der Waals surface area contributed by atoms with Gasteiger partial charge in [0, 0.05) is 16.5 Å². The lowest BCUT2D eigenvalue weighted by atomic mass is 10.1. The predicted octanol–water partition coefficient (Wildman–Crippen LogP) is 4.04. The molecule has 4 aromatic rings. The summed E-state index contributed by atoms with van der Waals surface area (Å²) in [5, 5.41) is 6.63. The second kappa shape index (κ2) is 6.73. The van der Waals surface area contributed by atoms with E-state index in [2.05, 4.69) is 10.1 Å². The molecule has 0 fully saturated rings. The number of rotatable bonds is 4. The lowest BCUT2D eigenvalue weighted by molar-refractivity contribution is 0.0993. The van der Waals surface area contributed by atoms with Crippen molar-refractivity contribution in [3.63, 3.8) is 0 Å². The smallest absolute Gasteiger partial charge is 0.267 e. The molecule has 0 spiro atoms. The normalized spacial score (nSPS) is 10.9. The molecule has 0 bridgehead atoms. The van der Waals surface area contributed by atoms with Crippen LogP contribution in [0.1, 0.15) is 10.5 Å². The van der Waals surface area contributed by atoms with E-state index in [0.29, 0.717) is 22.1 Å². The van der Waals surface area contributed by atoms with Gasteiger partial charge in [0.2, 0.25) is 5.13 Å². The Morgan fingerprint density at radius 3 is 2.04 bits per heavy atom. The maximum Gasteiger partial charge on any atom is 0.267 e. The molecule has 0 aliphatic heterocycles. The fraction of sp³-hybridized carbons (Fsp3) is 0. The van der Waals surface area contributed by atoms with Crippen LogP contribution in [-0.4, -0.2) is 20.7 Å². The Balaban J connectivity index is 1.76. The maximum atomic E-state index is 13.1. The quantitative estimate of drug-likeness (QED) is 0.579. The number of amides is 1. The minimum atomic E-state index is -0.658. The fourth-order valence-corrected chi connectivity index (χ4v) is 3.37. The molecule has 2 aromatic heterocycles. The van der Waals surface area contributed by atoms with Gasteiger partial charge in [-0.15, -0.1) is 11.3 Å². The van der Waals surface area contributed by atoms with Crippen LogP contribution in [0.3, 0.4) is 0 Å². The van der Waals surface area contributed by atoms with Crippen molar-refractivity contribution in [2.45, 2.75) is 0 Å². The number of aromatic nitrogens is 3. The summed E-state index contributed by atoms with van der Waals surface area (Å²) in [6, 6.07) is 13.2. The molecule has 1 amide bonds. The molecule has 134 valence electrons. The van der Waals surface area contributed by atoms with Crippen LogP contribution in [0.5, 0.6) is 0 Å². The third kappa shape index (κ3) is 3.34. The highest BCUT2D eigenvalue weighted by Gasteiger charge is 2.18. The molecule has 0 aliphatic rings. The number of benzene rings is 2. The largest absolute Gasteiger partial charge is 0.364 e.